The third-order valence-corrected chi connectivity index (χ3v) is 2.74. The number of rotatable bonds is 7. The van der Waals surface area contributed by atoms with E-state index in [4.69, 9.17) is 9.84 Å². The predicted octanol–water partition coefficient (Wildman–Crippen LogP) is 1.32. The number of anilines is 1. The molecule has 98 valence electrons. The topological polar surface area (TPSA) is 75.5 Å². The van der Waals surface area contributed by atoms with Gasteiger partial charge in [0.25, 0.3) is 0 Å². The summed E-state index contributed by atoms with van der Waals surface area (Å²) >= 11 is 0. The van der Waals surface area contributed by atoms with Crippen molar-refractivity contribution in [3.05, 3.63) is 12.4 Å². The van der Waals surface area contributed by atoms with Crippen LogP contribution >= 0.6 is 0 Å². The largest absolute Gasteiger partial charge is 0.481 e. The van der Waals surface area contributed by atoms with Gasteiger partial charge in [-0.15, -0.1) is 0 Å². The highest BCUT2D eigenvalue weighted by atomic mass is 16.5. The Morgan fingerprint density at radius 3 is 2.94 bits per heavy atom. The predicted molar refractivity (Wildman–Crippen MR) is 65.8 cm³/mol. The lowest BCUT2D eigenvalue weighted by molar-refractivity contribution is -0.136. The number of aromatic nitrogens is 2. The van der Waals surface area contributed by atoms with E-state index in [1.807, 2.05) is 11.8 Å². The van der Waals surface area contributed by atoms with Crippen molar-refractivity contribution in [2.75, 3.05) is 18.1 Å². The van der Waals surface area contributed by atoms with Gasteiger partial charge in [0.05, 0.1) is 25.4 Å². The van der Waals surface area contributed by atoms with Gasteiger partial charge in [0.1, 0.15) is 0 Å². The first-order valence-corrected chi connectivity index (χ1v) is 6.14. The molecule has 0 saturated heterocycles. The molecule has 0 amide bonds. The van der Waals surface area contributed by atoms with Crippen LogP contribution in [0.2, 0.25) is 0 Å². The van der Waals surface area contributed by atoms with E-state index in [-0.39, 0.29) is 6.42 Å². The molecule has 0 unspecified atom stereocenters. The Bertz CT molecular complexity index is 421. The minimum Gasteiger partial charge on any atom is -0.481 e. The molecule has 6 nitrogen and oxygen atoms in total. The number of carbonyl (C=O) groups is 1. The smallest absolute Gasteiger partial charge is 0.305 e. The second-order valence-corrected chi connectivity index (χ2v) is 4.22. The lowest BCUT2D eigenvalue weighted by Gasteiger charge is -2.22. The van der Waals surface area contributed by atoms with Gasteiger partial charge < -0.3 is 14.7 Å². The third-order valence-electron chi connectivity index (χ3n) is 2.74. The summed E-state index contributed by atoms with van der Waals surface area (Å²) in [6.45, 7) is 2.89. The molecule has 2 rings (SSSR count). The van der Waals surface area contributed by atoms with Gasteiger partial charge in [-0.05, 0) is 19.8 Å². The van der Waals surface area contributed by atoms with E-state index < -0.39 is 5.97 Å². The van der Waals surface area contributed by atoms with Crippen LogP contribution in [0.25, 0.3) is 0 Å². The zero-order chi connectivity index (χ0) is 13.0. The molecule has 1 aliphatic rings. The summed E-state index contributed by atoms with van der Waals surface area (Å²) in [4.78, 5) is 21.1. The van der Waals surface area contributed by atoms with Crippen LogP contribution in [-0.4, -0.2) is 40.2 Å². The van der Waals surface area contributed by atoms with Crippen LogP contribution in [0.4, 0.5) is 5.82 Å². The maximum atomic E-state index is 10.7. The van der Waals surface area contributed by atoms with Crippen molar-refractivity contribution >= 4 is 11.8 Å². The molecule has 1 saturated carbocycles. The van der Waals surface area contributed by atoms with Crippen LogP contribution in [-0.2, 0) is 4.79 Å². The van der Waals surface area contributed by atoms with Gasteiger partial charge in [0.15, 0.2) is 5.82 Å². The monoisotopic (exact) mass is 251 g/mol. The number of aliphatic carboxylic acids is 1. The Morgan fingerprint density at radius 1 is 1.56 bits per heavy atom. The van der Waals surface area contributed by atoms with Gasteiger partial charge in [-0.1, -0.05) is 0 Å². The summed E-state index contributed by atoms with van der Waals surface area (Å²) in [6.07, 6.45) is 5.50. The molecule has 0 spiro atoms. The molecule has 6 heteroatoms. The number of carboxylic acids is 1. The van der Waals surface area contributed by atoms with Crippen LogP contribution in [0.1, 0.15) is 26.2 Å². The van der Waals surface area contributed by atoms with Crippen LogP contribution in [0.15, 0.2) is 12.4 Å². The average molecular weight is 251 g/mol. The molecule has 0 atom stereocenters. The molecular formula is C12H17N3O3. The second kappa shape index (κ2) is 5.66. The highest BCUT2D eigenvalue weighted by molar-refractivity contribution is 5.67. The Kier molecular flexibility index (Phi) is 3.96. The zero-order valence-corrected chi connectivity index (χ0v) is 10.4. The van der Waals surface area contributed by atoms with Crippen LogP contribution in [0, 0.1) is 0 Å². The van der Waals surface area contributed by atoms with Crippen molar-refractivity contribution in [1.82, 2.24) is 9.97 Å². The highest BCUT2D eigenvalue weighted by Gasteiger charge is 2.30. The Hall–Kier alpha value is -1.85. The molecule has 1 heterocycles. The molecule has 1 N–H and O–H groups in total. The fourth-order valence-corrected chi connectivity index (χ4v) is 1.78. The summed E-state index contributed by atoms with van der Waals surface area (Å²) in [5.74, 6) is 0.384. The molecule has 0 radical (unpaired) electrons. The van der Waals surface area contributed by atoms with Crippen LogP contribution in [0.3, 0.4) is 0 Å². The minimum atomic E-state index is -0.797. The van der Waals surface area contributed by atoms with Crippen LogP contribution in [0.5, 0.6) is 5.88 Å². The van der Waals surface area contributed by atoms with Gasteiger partial charge in [0, 0.05) is 12.6 Å². The summed E-state index contributed by atoms with van der Waals surface area (Å²) in [7, 11) is 0. The fraction of sp³-hybridized carbons (Fsp3) is 0.583. The van der Waals surface area contributed by atoms with E-state index in [2.05, 4.69) is 9.97 Å². The standard InChI is InChI=1S/C12H17N3O3/c1-2-18-11-8-13-7-10(14-11)15(9-3-4-9)6-5-12(16)17/h7-9H,2-6H2,1H3,(H,16,17). The third kappa shape index (κ3) is 3.32. The maximum Gasteiger partial charge on any atom is 0.305 e. The molecule has 1 aliphatic carbocycles. The molecular weight excluding hydrogens is 234 g/mol. The Balaban J connectivity index is 2.09. The first-order chi connectivity index (χ1) is 8.70. The summed E-state index contributed by atoms with van der Waals surface area (Å²) in [6, 6.07) is 0.399. The SMILES string of the molecule is CCOc1cncc(N(CCC(=O)O)C2CC2)n1. The Labute approximate surface area is 106 Å². The lowest BCUT2D eigenvalue weighted by atomic mass is 10.3. The van der Waals surface area contributed by atoms with Crippen LogP contribution < -0.4 is 9.64 Å². The summed E-state index contributed by atoms with van der Waals surface area (Å²) in [5, 5.41) is 8.76. The first-order valence-electron chi connectivity index (χ1n) is 6.14. The van der Waals surface area contributed by atoms with E-state index in [0.717, 1.165) is 12.8 Å². The Morgan fingerprint density at radius 2 is 2.33 bits per heavy atom. The number of carboxylic acid groups (broad SMARTS) is 1. The van der Waals surface area contributed by atoms with Gasteiger partial charge in [-0.25, -0.2) is 0 Å². The minimum absolute atomic E-state index is 0.108. The van der Waals surface area contributed by atoms with E-state index in [1.165, 1.54) is 0 Å². The van der Waals surface area contributed by atoms with Crippen molar-refractivity contribution < 1.29 is 14.6 Å². The van der Waals surface area contributed by atoms with Crippen molar-refractivity contribution in [3.63, 3.8) is 0 Å². The van der Waals surface area contributed by atoms with Crippen molar-refractivity contribution in [2.45, 2.75) is 32.2 Å². The lowest BCUT2D eigenvalue weighted by Crippen LogP contribution is -2.29. The molecule has 1 aromatic rings. The van der Waals surface area contributed by atoms with Crippen molar-refractivity contribution in [2.24, 2.45) is 0 Å². The fourth-order valence-electron chi connectivity index (χ4n) is 1.78. The molecule has 18 heavy (non-hydrogen) atoms. The number of hydrogen-bond donors (Lipinski definition) is 1. The van der Waals surface area contributed by atoms with E-state index in [0.29, 0.717) is 30.9 Å². The number of hydrogen-bond acceptors (Lipinski definition) is 5. The van der Waals surface area contributed by atoms with Crippen molar-refractivity contribution in [3.8, 4) is 5.88 Å². The first kappa shape index (κ1) is 12.6. The maximum absolute atomic E-state index is 10.7. The number of ether oxygens (including phenoxy) is 1. The van der Waals surface area contributed by atoms with Gasteiger partial charge in [-0.2, -0.15) is 4.98 Å². The molecule has 1 aromatic heterocycles. The molecule has 0 aliphatic heterocycles. The van der Waals surface area contributed by atoms with E-state index in [1.54, 1.807) is 12.4 Å². The van der Waals surface area contributed by atoms with E-state index in [9.17, 15) is 4.79 Å². The molecule has 0 bridgehead atoms. The van der Waals surface area contributed by atoms with E-state index >= 15 is 0 Å². The summed E-state index contributed by atoms with van der Waals surface area (Å²) < 4.78 is 5.31. The second-order valence-electron chi connectivity index (χ2n) is 4.22. The number of nitrogens with zero attached hydrogens (tertiary/aromatic N) is 3. The quantitative estimate of drug-likeness (QED) is 0.787. The van der Waals surface area contributed by atoms with Gasteiger partial charge in [0.2, 0.25) is 5.88 Å². The van der Waals surface area contributed by atoms with Crippen molar-refractivity contribution in [1.29, 1.82) is 0 Å². The zero-order valence-electron chi connectivity index (χ0n) is 10.4. The molecule has 1 fully saturated rings. The highest BCUT2D eigenvalue weighted by Crippen LogP contribution is 2.31. The average Bonchev–Trinajstić information content (AvgIpc) is 3.14. The summed E-state index contributed by atoms with van der Waals surface area (Å²) in [5.41, 5.74) is 0. The van der Waals surface area contributed by atoms with Gasteiger partial charge >= 0.3 is 5.97 Å². The molecule has 0 aromatic carbocycles. The van der Waals surface area contributed by atoms with Gasteiger partial charge in [-0.3, -0.25) is 9.78 Å². The normalized spacial score (nSPS) is 14.3.